The molecule has 0 bridgehead atoms. The first-order valence-corrected chi connectivity index (χ1v) is 7.55. The molecule has 0 spiro atoms. The van der Waals surface area contributed by atoms with Gasteiger partial charge in [-0.3, -0.25) is 10.1 Å². The molecule has 1 fully saturated rings. The molecule has 1 aromatic rings. The zero-order chi connectivity index (χ0) is 15.6. The van der Waals surface area contributed by atoms with E-state index in [2.05, 4.69) is 13.8 Å². The summed E-state index contributed by atoms with van der Waals surface area (Å²) in [4.78, 5) is 10.3. The third kappa shape index (κ3) is 2.67. The van der Waals surface area contributed by atoms with Gasteiger partial charge in [-0.15, -0.1) is 11.6 Å². The summed E-state index contributed by atoms with van der Waals surface area (Å²) in [6.07, 6.45) is 2.68. The summed E-state index contributed by atoms with van der Waals surface area (Å²) in [7, 11) is 1.48. The van der Waals surface area contributed by atoms with Crippen LogP contribution in [0, 0.1) is 15.5 Å². The van der Waals surface area contributed by atoms with Crippen LogP contribution < -0.4 is 9.47 Å². The summed E-state index contributed by atoms with van der Waals surface area (Å²) >= 11 is 6.37. The average Bonchev–Trinajstić information content (AvgIpc) is 2.48. The van der Waals surface area contributed by atoms with Crippen LogP contribution >= 0.6 is 11.6 Å². The lowest BCUT2D eigenvalue weighted by Gasteiger charge is -2.52. The highest BCUT2D eigenvalue weighted by Gasteiger charge is 2.53. The number of benzene rings is 1. The molecule has 2 unspecified atom stereocenters. The zero-order valence-electron chi connectivity index (χ0n) is 12.5. The first-order chi connectivity index (χ1) is 9.98. The van der Waals surface area contributed by atoms with Gasteiger partial charge in [-0.05, 0) is 18.9 Å². The number of nitro benzene ring substituents is 1. The van der Waals surface area contributed by atoms with Gasteiger partial charge >= 0.3 is 0 Å². The molecule has 1 saturated carbocycles. The van der Waals surface area contributed by atoms with Gasteiger partial charge in [-0.25, -0.2) is 0 Å². The molecule has 116 valence electrons. The quantitative estimate of drug-likeness (QED) is 0.449. The van der Waals surface area contributed by atoms with Gasteiger partial charge in [0.25, 0.3) is 5.69 Å². The van der Waals surface area contributed by atoms with Crippen LogP contribution in [0.4, 0.5) is 5.69 Å². The first-order valence-electron chi connectivity index (χ1n) is 7.11. The molecule has 2 rings (SSSR count). The van der Waals surface area contributed by atoms with Crippen LogP contribution in [0.2, 0.25) is 0 Å². The molecule has 5 nitrogen and oxygen atoms in total. The van der Waals surface area contributed by atoms with Crippen molar-refractivity contribution in [2.24, 2.45) is 5.41 Å². The molecule has 6 heteroatoms. The van der Waals surface area contributed by atoms with Crippen molar-refractivity contribution in [3.63, 3.8) is 0 Å². The molecule has 2 atom stereocenters. The van der Waals surface area contributed by atoms with Gasteiger partial charge in [-0.2, -0.15) is 0 Å². The lowest BCUT2D eigenvalue weighted by Crippen LogP contribution is -2.56. The van der Waals surface area contributed by atoms with Crippen molar-refractivity contribution in [2.75, 3.05) is 7.11 Å². The maximum Gasteiger partial charge on any atom is 0.273 e. The topological polar surface area (TPSA) is 61.6 Å². The van der Waals surface area contributed by atoms with E-state index in [-0.39, 0.29) is 22.6 Å². The molecule has 0 heterocycles. The van der Waals surface area contributed by atoms with E-state index >= 15 is 0 Å². The Morgan fingerprint density at radius 1 is 1.38 bits per heavy atom. The lowest BCUT2D eigenvalue weighted by molar-refractivity contribution is -0.385. The monoisotopic (exact) mass is 313 g/mol. The largest absolute Gasteiger partial charge is 0.493 e. The van der Waals surface area contributed by atoms with Crippen molar-refractivity contribution in [3.05, 3.63) is 28.3 Å². The highest BCUT2D eigenvalue weighted by atomic mass is 35.5. The minimum Gasteiger partial charge on any atom is -0.493 e. The second kappa shape index (κ2) is 6.10. The van der Waals surface area contributed by atoms with E-state index in [1.807, 2.05) is 0 Å². The maximum atomic E-state index is 10.8. The van der Waals surface area contributed by atoms with Crippen molar-refractivity contribution in [1.82, 2.24) is 0 Å². The molecule has 0 amide bonds. The third-order valence-corrected chi connectivity index (χ3v) is 5.24. The van der Waals surface area contributed by atoms with Gasteiger partial charge < -0.3 is 9.47 Å². The van der Waals surface area contributed by atoms with Crippen molar-refractivity contribution in [1.29, 1.82) is 0 Å². The second-order valence-corrected chi connectivity index (χ2v) is 5.87. The van der Waals surface area contributed by atoms with Gasteiger partial charge in [0.1, 0.15) is 6.10 Å². The first kappa shape index (κ1) is 15.9. The molecule has 21 heavy (non-hydrogen) atoms. The number of hydrogen-bond donors (Lipinski definition) is 0. The zero-order valence-corrected chi connectivity index (χ0v) is 13.2. The van der Waals surface area contributed by atoms with E-state index < -0.39 is 4.92 Å². The molecular weight excluding hydrogens is 294 g/mol. The number of hydrogen-bond acceptors (Lipinski definition) is 4. The van der Waals surface area contributed by atoms with Gasteiger partial charge in [0, 0.05) is 23.3 Å². The normalized spacial score (nSPS) is 23.2. The molecule has 0 radical (unpaired) electrons. The number of rotatable bonds is 6. The van der Waals surface area contributed by atoms with Crippen LogP contribution in [0.5, 0.6) is 11.5 Å². The number of alkyl halides is 1. The average molecular weight is 314 g/mol. The molecule has 1 aliphatic rings. The fraction of sp³-hybridized carbons (Fsp3) is 0.600. The Morgan fingerprint density at radius 2 is 2.05 bits per heavy atom. The Morgan fingerprint density at radius 3 is 2.52 bits per heavy atom. The summed E-state index contributed by atoms with van der Waals surface area (Å²) in [5.41, 5.74) is -0.0470. The van der Waals surface area contributed by atoms with Gasteiger partial charge in [-0.1, -0.05) is 13.8 Å². The predicted molar refractivity (Wildman–Crippen MR) is 81.3 cm³/mol. The van der Waals surface area contributed by atoms with Gasteiger partial charge in [0.05, 0.1) is 18.1 Å². The Labute approximate surface area is 129 Å². The maximum absolute atomic E-state index is 10.8. The SMILES string of the molecule is CCC1(CC)C(Cl)CC1Oc1ccc([N+](=O)[O-])cc1OC. The summed E-state index contributed by atoms with van der Waals surface area (Å²) in [5.74, 6) is 0.909. The van der Waals surface area contributed by atoms with Crippen molar-refractivity contribution >= 4 is 17.3 Å². The fourth-order valence-corrected chi connectivity index (χ4v) is 3.64. The van der Waals surface area contributed by atoms with Crippen LogP contribution in [0.25, 0.3) is 0 Å². The minimum absolute atomic E-state index is 0.0136. The fourth-order valence-electron chi connectivity index (χ4n) is 3.03. The smallest absolute Gasteiger partial charge is 0.273 e. The standard InChI is InChI=1S/C15H20ClNO4/c1-4-15(5-2)13(16)9-14(15)21-11-7-6-10(17(18)19)8-12(11)20-3/h6-8,13-14H,4-5,9H2,1-3H3. The van der Waals surface area contributed by atoms with E-state index in [4.69, 9.17) is 21.1 Å². The van der Waals surface area contributed by atoms with Gasteiger partial charge in [0.2, 0.25) is 0 Å². The molecular formula is C15H20ClNO4. The lowest BCUT2D eigenvalue weighted by atomic mass is 9.62. The van der Waals surface area contributed by atoms with Crippen molar-refractivity contribution in [3.8, 4) is 11.5 Å². The number of halogens is 1. The molecule has 0 saturated heterocycles. The summed E-state index contributed by atoms with van der Waals surface area (Å²) in [6, 6.07) is 4.40. The minimum atomic E-state index is -0.452. The summed E-state index contributed by atoms with van der Waals surface area (Å²) in [6.45, 7) is 4.23. The number of ether oxygens (including phenoxy) is 2. The Bertz CT molecular complexity index is 530. The predicted octanol–water partition coefficient (Wildman–Crippen LogP) is 4.17. The molecule has 0 aromatic heterocycles. The Kier molecular flexibility index (Phi) is 4.61. The molecule has 1 aliphatic carbocycles. The number of non-ortho nitro benzene ring substituents is 1. The van der Waals surface area contributed by atoms with Crippen molar-refractivity contribution < 1.29 is 14.4 Å². The van der Waals surface area contributed by atoms with Crippen molar-refractivity contribution in [2.45, 2.75) is 44.6 Å². The highest BCUT2D eigenvalue weighted by Crippen LogP contribution is 2.52. The van der Waals surface area contributed by atoms with Gasteiger partial charge in [0.15, 0.2) is 11.5 Å². The Hall–Kier alpha value is -1.49. The van der Waals surface area contributed by atoms with Crippen LogP contribution in [0.15, 0.2) is 18.2 Å². The van der Waals surface area contributed by atoms with E-state index in [1.54, 1.807) is 6.07 Å². The van der Waals surface area contributed by atoms with E-state index in [1.165, 1.54) is 19.2 Å². The summed E-state index contributed by atoms with van der Waals surface area (Å²) in [5, 5.41) is 10.9. The van der Waals surface area contributed by atoms with Crippen LogP contribution in [0.3, 0.4) is 0 Å². The second-order valence-electron chi connectivity index (χ2n) is 5.34. The third-order valence-electron chi connectivity index (χ3n) is 4.63. The molecule has 0 N–H and O–H groups in total. The summed E-state index contributed by atoms with van der Waals surface area (Å²) < 4.78 is 11.2. The number of methoxy groups -OCH3 is 1. The molecule has 0 aliphatic heterocycles. The highest BCUT2D eigenvalue weighted by molar-refractivity contribution is 6.21. The van der Waals surface area contributed by atoms with Crippen LogP contribution in [0.1, 0.15) is 33.1 Å². The van der Waals surface area contributed by atoms with E-state index in [9.17, 15) is 10.1 Å². The number of nitro groups is 1. The van der Waals surface area contributed by atoms with Crippen LogP contribution in [-0.2, 0) is 0 Å². The van der Waals surface area contributed by atoms with E-state index in [0.717, 1.165) is 19.3 Å². The molecule has 1 aromatic carbocycles. The number of nitrogens with zero attached hydrogens (tertiary/aromatic N) is 1. The Balaban J connectivity index is 2.22. The van der Waals surface area contributed by atoms with Crippen LogP contribution in [-0.4, -0.2) is 23.5 Å². The van der Waals surface area contributed by atoms with E-state index in [0.29, 0.717) is 11.5 Å².